The molecule has 2 aromatic rings. The lowest BCUT2D eigenvalue weighted by molar-refractivity contribution is 0.769. The summed E-state index contributed by atoms with van der Waals surface area (Å²) in [6, 6.07) is 4.01. The van der Waals surface area contributed by atoms with E-state index in [0.717, 1.165) is 28.1 Å². The maximum absolute atomic E-state index is 4.57. The molecule has 0 aliphatic rings. The smallest absolute Gasteiger partial charge is 0.190 e. The largest absolute Gasteiger partial charge is 0.228 e. The first-order valence-corrected chi connectivity index (χ1v) is 6.89. The first-order valence-electron chi connectivity index (χ1n) is 6.01. The summed E-state index contributed by atoms with van der Waals surface area (Å²) in [5.41, 5.74) is 3.06. The molecule has 18 heavy (non-hydrogen) atoms. The third-order valence-electron chi connectivity index (χ3n) is 2.39. The number of thioether (sulfide) groups is 1. The van der Waals surface area contributed by atoms with E-state index in [1.165, 1.54) is 0 Å². The number of nitrogens with zero attached hydrogens (tertiary/aromatic N) is 4. The van der Waals surface area contributed by atoms with E-state index >= 15 is 0 Å². The molecule has 0 amide bonds. The Labute approximate surface area is 112 Å². The number of hydrogen-bond donors (Lipinski definition) is 0. The molecule has 4 nitrogen and oxygen atoms in total. The highest BCUT2D eigenvalue weighted by Gasteiger charge is 2.09. The molecular formula is C13H18N4S. The fourth-order valence-corrected chi connectivity index (χ4v) is 2.52. The van der Waals surface area contributed by atoms with E-state index in [2.05, 4.69) is 28.9 Å². The lowest BCUT2D eigenvalue weighted by Crippen LogP contribution is -2.05. The summed E-state index contributed by atoms with van der Waals surface area (Å²) in [6.45, 7) is 10.3. The Morgan fingerprint density at radius 2 is 1.78 bits per heavy atom. The molecule has 0 saturated heterocycles. The second kappa shape index (κ2) is 5.10. The van der Waals surface area contributed by atoms with Crippen LogP contribution in [0, 0.1) is 20.8 Å². The van der Waals surface area contributed by atoms with E-state index < -0.39 is 0 Å². The topological polar surface area (TPSA) is 43.6 Å². The van der Waals surface area contributed by atoms with Crippen LogP contribution in [0.15, 0.2) is 17.3 Å². The van der Waals surface area contributed by atoms with Crippen LogP contribution in [0.1, 0.15) is 30.9 Å². The van der Waals surface area contributed by atoms with Crippen molar-refractivity contribution in [1.29, 1.82) is 0 Å². The lowest BCUT2D eigenvalue weighted by Gasteiger charge is -2.08. The van der Waals surface area contributed by atoms with Crippen molar-refractivity contribution in [2.24, 2.45) is 0 Å². The van der Waals surface area contributed by atoms with Crippen LogP contribution in [0.2, 0.25) is 0 Å². The van der Waals surface area contributed by atoms with E-state index in [0.29, 0.717) is 5.25 Å². The zero-order valence-corrected chi connectivity index (χ0v) is 12.2. The molecule has 0 spiro atoms. The van der Waals surface area contributed by atoms with Crippen LogP contribution in [-0.2, 0) is 0 Å². The van der Waals surface area contributed by atoms with Gasteiger partial charge in [-0.3, -0.25) is 0 Å². The Kier molecular flexibility index (Phi) is 3.71. The molecule has 0 N–H and O–H groups in total. The number of aromatic nitrogens is 4. The van der Waals surface area contributed by atoms with E-state index in [-0.39, 0.29) is 0 Å². The monoisotopic (exact) mass is 262 g/mol. The highest BCUT2D eigenvalue weighted by molar-refractivity contribution is 7.99. The zero-order valence-electron chi connectivity index (χ0n) is 11.4. The van der Waals surface area contributed by atoms with Crippen molar-refractivity contribution >= 4 is 11.8 Å². The predicted octanol–water partition coefficient (Wildman–Crippen LogP) is 3.09. The highest BCUT2D eigenvalue weighted by Crippen LogP contribution is 2.21. The van der Waals surface area contributed by atoms with Crippen LogP contribution in [0.3, 0.4) is 0 Å². The standard InChI is InChI=1S/C13H18N4S/c1-8(2)18-13-14-9(3)7-12(15-13)17-11(5)6-10(4)16-17/h6-8H,1-5H3. The minimum Gasteiger partial charge on any atom is -0.228 e. The highest BCUT2D eigenvalue weighted by atomic mass is 32.2. The van der Waals surface area contributed by atoms with Crippen molar-refractivity contribution in [3.05, 3.63) is 29.2 Å². The van der Waals surface area contributed by atoms with Crippen LogP contribution >= 0.6 is 11.8 Å². The molecule has 0 aliphatic carbocycles. The molecule has 0 atom stereocenters. The van der Waals surface area contributed by atoms with E-state index in [1.807, 2.05) is 37.6 Å². The molecule has 0 bridgehead atoms. The summed E-state index contributed by atoms with van der Waals surface area (Å²) >= 11 is 1.67. The molecule has 96 valence electrons. The van der Waals surface area contributed by atoms with Gasteiger partial charge in [0.2, 0.25) is 0 Å². The van der Waals surface area contributed by atoms with Crippen LogP contribution in [0.25, 0.3) is 5.82 Å². The zero-order chi connectivity index (χ0) is 13.3. The molecule has 0 radical (unpaired) electrons. The fourth-order valence-electron chi connectivity index (χ4n) is 1.76. The Morgan fingerprint density at radius 3 is 2.33 bits per heavy atom. The SMILES string of the molecule is Cc1cc(-n2nc(C)cc2C)nc(SC(C)C)n1. The minimum atomic E-state index is 0.472. The average molecular weight is 262 g/mol. The number of hydrogen-bond acceptors (Lipinski definition) is 4. The Morgan fingerprint density at radius 1 is 1.06 bits per heavy atom. The number of rotatable bonds is 3. The van der Waals surface area contributed by atoms with Gasteiger partial charge in [-0.25, -0.2) is 14.6 Å². The molecule has 0 saturated carbocycles. The molecule has 2 rings (SSSR count). The minimum absolute atomic E-state index is 0.472. The molecule has 0 aliphatic heterocycles. The summed E-state index contributed by atoms with van der Waals surface area (Å²) in [4.78, 5) is 9.02. The van der Waals surface area contributed by atoms with Gasteiger partial charge in [0.25, 0.3) is 0 Å². The van der Waals surface area contributed by atoms with Gasteiger partial charge in [-0.2, -0.15) is 5.10 Å². The van der Waals surface area contributed by atoms with Gasteiger partial charge in [0, 0.05) is 22.7 Å². The third kappa shape index (κ3) is 2.90. The van der Waals surface area contributed by atoms with Gasteiger partial charge in [0.05, 0.1) is 5.69 Å². The van der Waals surface area contributed by atoms with Crippen LogP contribution in [0.5, 0.6) is 0 Å². The van der Waals surface area contributed by atoms with Crippen molar-refractivity contribution in [3.63, 3.8) is 0 Å². The second-order valence-electron chi connectivity index (χ2n) is 4.66. The van der Waals surface area contributed by atoms with E-state index in [9.17, 15) is 0 Å². The normalized spacial score (nSPS) is 11.2. The van der Waals surface area contributed by atoms with Crippen molar-refractivity contribution in [2.75, 3.05) is 0 Å². The van der Waals surface area contributed by atoms with Crippen LogP contribution in [-0.4, -0.2) is 25.0 Å². The molecule has 0 unspecified atom stereocenters. The maximum atomic E-state index is 4.57. The van der Waals surface area contributed by atoms with Gasteiger partial charge >= 0.3 is 0 Å². The van der Waals surface area contributed by atoms with Gasteiger partial charge in [-0.15, -0.1) is 0 Å². The Balaban J connectivity index is 2.44. The number of aryl methyl sites for hydroxylation is 3. The third-order valence-corrected chi connectivity index (χ3v) is 3.25. The van der Waals surface area contributed by atoms with Gasteiger partial charge in [-0.05, 0) is 26.8 Å². The molecule has 5 heteroatoms. The summed E-state index contributed by atoms with van der Waals surface area (Å²) in [7, 11) is 0. The first kappa shape index (κ1) is 13.1. The molecule has 0 aromatic carbocycles. The summed E-state index contributed by atoms with van der Waals surface area (Å²) in [5, 5.41) is 5.74. The Hall–Kier alpha value is -1.36. The summed E-state index contributed by atoms with van der Waals surface area (Å²) in [5.74, 6) is 0.844. The molecular weight excluding hydrogens is 244 g/mol. The van der Waals surface area contributed by atoms with E-state index in [4.69, 9.17) is 0 Å². The fraction of sp³-hybridized carbons (Fsp3) is 0.462. The van der Waals surface area contributed by atoms with Crippen LogP contribution in [0.4, 0.5) is 0 Å². The maximum Gasteiger partial charge on any atom is 0.190 e. The molecule has 2 aromatic heterocycles. The van der Waals surface area contributed by atoms with Gasteiger partial charge in [0.15, 0.2) is 11.0 Å². The van der Waals surface area contributed by atoms with Crippen molar-refractivity contribution in [2.45, 2.75) is 45.0 Å². The predicted molar refractivity (Wildman–Crippen MR) is 74.4 cm³/mol. The first-order chi connectivity index (χ1) is 8.45. The van der Waals surface area contributed by atoms with Gasteiger partial charge in [-0.1, -0.05) is 25.6 Å². The van der Waals surface area contributed by atoms with E-state index in [1.54, 1.807) is 11.8 Å². The van der Waals surface area contributed by atoms with Crippen molar-refractivity contribution in [1.82, 2.24) is 19.7 Å². The summed E-state index contributed by atoms with van der Waals surface area (Å²) < 4.78 is 1.87. The van der Waals surface area contributed by atoms with Gasteiger partial charge < -0.3 is 0 Å². The lowest BCUT2D eigenvalue weighted by atomic mass is 10.4. The van der Waals surface area contributed by atoms with Gasteiger partial charge in [0.1, 0.15) is 0 Å². The Bertz CT molecular complexity index is 560. The van der Waals surface area contributed by atoms with Crippen LogP contribution < -0.4 is 0 Å². The quantitative estimate of drug-likeness (QED) is 0.630. The molecule has 0 fully saturated rings. The van der Waals surface area contributed by atoms with Crippen molar-refractivity contribution < 1.29 is 0 Å². The summed E-state index contributed by atoms with van der Waals surface area (Å²) in [6.07, 6.45) is 0. The van der Waals surface area contributed by atoms with Crippen molar-refractivity contribution in [3.8, 4) is 5.82 Å². The molecule has 2 heterocycles. The second-order valence-corrected chi connectivity index (χ2v) is 6.20. The average Bonchev–Trinajstić information content (AvgIpc) is 2.55.